The Kier molecular flexibility index (Phi) is 3.09. The maximum absolute atomic E-state index is 11.9. The van der Waals surface area contributed by atoms with Crippen LogP contribution in [0.2, 0.25) is 0 Å². The molecule has 0 fully saturated rings. The van der Waals surface area contributed by atoms with Crippen LogP contribution in [-0.4, -0.2) is 17.1 Å². The molecule has 1 aromatic heterocycles. The number of aryl methyl sites for hydroxylation is 1. The number of esters is 1. The van der Waals surface area contributed by atoms with Crippen LogP contribution in [0.5, 0.6) is 0 Å². The number of pyridine rings is 1. The number of fused-ring (bicyclic) bond motifs is 1. The lowest BCUT2D eigenvalue weighted by Crippen LogP contribution is -2.12. The normalized spacial score (nSPS) is 10.8. The Hall–Kier alpha value is -1.90. The first kappa shape index (κ1) is 11.6. The van der Waals surface area contributed by atoms with E-state index >= 15 is 0 Å². The van der Waals surface area contributed by atoms with E-state index in [9.17, 15) is 4.79 Å². The summed E-state index contributed by atoms with van der Waals surface area (Å²) in [6, 6.07) is 7.50. The molecule has 3 nitrogen and oxygen atoms in total. The van der Waals surface area contributed by atoms with Crippen molar-refractivity contribution in [3.05, 3.63) is 41.6 Å². The van der Waals surface area contributed by atoms with E-state index in [1.807, 2.05) is 39.0 Å². The topological polar surface area (TPSA) is 39.2 Å². The molecule has 0 aliphatic rings. The van der Waals surface area contributed by atoms with Crippen molar-refractivity contribution in [2.45, 2.75) is 26.9 Å². The van der Waals surface area contributed by atoms with E-state index in [0.29, 0.717) is 11.1 Å². The van der Waals surface area contributed by atoms with Crippen molar-refractivity contribution >= 4 is 16.9 Å². The first-order valence-corrected chi connectivity index (χ1v) is 5.65. The highest BCUT2D eigenvalue weighted by Gasteiger charge is 2.14. The largest absolute Gasteiger partial charge is 0.459 e. The van der Waals surface area contributed by atoms with Crippen LogP contribution in [0, 0.1) is 6.92 Å². The number of carbonyl (C=O) groups is 1. The molecule has 0 amide bonds. The van der Waals surface area contributed by atoms with Gasteiger partial charge in [0.2, 0.25) is 0 Å². The summed E-state index contributed by atoms with van der Waals surface area (Å²) in [7, 11) is 0. The van der Waals surface area contributed by atoms with Gasteiger partial charge < -0.3 is 4.74 Å². The SMILES string of the molecule is Cc1ccnc2c(C(=O)OC(C)C)cccc12. The van der Waals surface area contributed by atoms with Crippen molar-refractivity contribution in [3.8, 4) is 0 Å². The van der Waals surface area contributed by atoms with Gasteiger partial charge in [-0.15, -0.1) is 0 Å². The number of ether oxygens (including phenoxy) is 1. The second-order valence-electron chi connectivity index (χ2n) is 4.28. The lowest BCUT2D eigenvalue weighted by molar-refractivity contribution is 0.0380. The van der Waals surface area contributed by atoms with E-state index < -0.39 is 0 Å². The Labute approximate surface area is 100 Å². The second kappa shape index (κ2) is 4.53. The van der Waals surface area contributed by atoms with Crippen molar-refractivity contribution in [2.75, 3.05) is 0 Å². The Balaban J connectivity index is 2.55. The number of nitrogens with zero attached hydrogens (tertiary/aromatic N) is 1. The number of para-hydroxylation sites is 1. The maximum Gasteiger partial charge on any atom is 0.340 e. The number of hydrogen-bond donors (Lipinski definition) is 0. The molecule has 17 heavy (non-hydrogen) atoms. The Morgan fingerprint density at radius 2 is 2.06 bits per heavy atom. The molecule has 88 valence electrons. The lowest BCUT2D eigenvalue weighted by atomic mass is 10.1. The molecule has 0 aliphatic carbocycles. The molecular weight excluding hydrogens is 214 g/mol. The molecule has 1 heterocycles. The van der Waals surface area contributed by atoms with Crippen LogP contribution in [0.25, 0.3) is 10.9 Å². The fraction of sp³-hybridized carbons (Fsp3) is 0.286. The van der Waals surface area contributed by atoms with Crippen LogP contribution in [0.1, 0.15) is 29.8 Å². The van der Waals surface area contributed by atoms with E-state index in [0.717, 1.165) is 10.9 Å². The molecule has 0 aliphatic heterocycles. The zero-order valence-electron chi connectivity index (χ0n) is 10.2. The maximum atomic E-state index is 11.9. The highest BCUT2D eigenvalue weighted by molar-refractivity contribution is 6.03. The minimum Gasteiger partial charge on any atom is -0.459 e. The number of aromatic nitrogens is 1. The molecule has 0 radical (unpaired) electrons. The second-order valence-corrected chi connectivity index (χ2v) is 4.28. The van der Waals surface area contributed by atoms with E-state index in [1.54, 1.807) is 12.3 Å². The quantitative estimate of drug-likeness (QED) is 0.743. The molecular formula is C14H15NO2. The summed E-state index contributed by atoms with van der Waals surface area (Å²) in [5.41, 5.74) is 2.34. The van der Waals surface area contributed by atoms with Crippen molar-refractivity contribution in [2.24, 2.45) is 0 Å². The molecule has 2 rings (SSSR count). The summed E-state index contributed by atoms with van der Waals surface area (Å²) in [6.07, 6.45) is 1.59. The van der Waals surface area contributed by atoms with Gasteiger partial charge in [-0.25, -0.2) is 4.79 Å². The van der Waals surface area contributed by atoms with Gasteiger partial charge in [-0.2, -0.15) is 0 Å². The van der Waals surface area contributed by atoms with E-state index in [2.05, 4.69) is 4.98 Å². The number of benzene rings is 1. The Morgan fingerprint density at radius 1 is 1.29 bits per heavy atom. The molecule has 3 heteroatoms. The van der Waals surface area contributed by atoms with Gasteiger partial charge in [0.1, 0.15) is 0 Å². The Bertz CT molecular complexity index is 561. The van der Waals surface area contributed by atoms with Gasteiger partial charge in [0.05, 0.1) is 17.2 Å². The summed E-state index contributed by atoms with van der Waals surface area (Å²) in [4.78, 5) is 16.2. The summed E-state index contributed by atoms with van der Waals surface area (Å²) < 4.78 is 5.21. The van der Waals surface area contributed by atoms with Gasteiger partial charge in [-0.05, 0) is 38.5 Å². The average Bonchev–Trinajstić information content (AvgIpc) is 2.28. The summed E-state index contributed by atoms with van der Waals surface area (Å²) in [5.74, 6) is -0.316. The predicted molar refractivity (Wildman–Crippen MR) is 67.0 cm³/mol. The molecule has 0 atom stereocenters. The van der Waals surface area contributed by atoms with Crippen LogP contribution in [0.4, 0.5) is 0 Å². The Morgan fingerprint density at radius 3 is 2.76 bits per heavy atom. The third-order valence-electron chi connectivity index (χ3n) is 2.55. The van der Waals surface area contributed by atoms with Crippen molar-refractivity contribution in [1.82, 2.24) is 4.98 Å². The van der Waals surface area contributed by atoms with E-state index in [-0.39, 0.29) is 12.1 Å². The monoisotopic (exact) mass is 229 g/mol. The molecule has 0 saturated heterocycles. The lowest BCUT2D eigenvalue weighted by Gasteiger charge is -2.10. The predicted octanol–water partition coefficient (Wildman–Crippen LogP) is 3.11. The third kappa shape index (κ3) is 2.28. The fourth-order valence-electron chi connectivity index (χ4n) is 1.76. The van der Waals surface area contributed by atoms with Crippen molar-refractivity contribution in [1.29, 1.82) is 0 Å². The number of rotatable bonds is 2. The van der Waals surface area contributed by atoms with Gasteiger partial charge in [-0.1, -0.05) is 12.1 Å². The zero-order chi connectivity index (χ0) is 12.4. The average molecular weight is 229 g/mol. The summed E-state index contributed by atoms with van der Waals surface area (Å²) >= 11 is 0. The molecule has 0 spiro atoms. The van der Waals surface area contributed by atoms with Crippen LogP contribution >= 0.6 is 0 Å². The third-order valence-corrected chi connectivity index (χ3v) is 2.55. The van der Waals surface area contributed by atoms with Gasteiger partial charge >= 0.3 is 5.97 Å². The van der Waals surface area contributed by atoms with Gasteiger partial charge in [-0.3, -0.25) is 4.98 Å². The standard InChI is InChI=1S/C14H15NO2/c1-9(2)17-14(16)12-6-4-5-11-10(3)7-8-15-13(11)12/h4-9H,1-3H3. The van der Waals surface area contributed by atoms with Crippen LogP contribution < -0.4 is 0 Å². The van der Waals surface area contributed by atoms with Crippen LogP contribution in [0.15, 0.2) is 30.5 Å². The highest BCUT2D eigenvalue weighted by Crippen LogP contribution is 2.20. The van der Waals surface area contributed by atoms with Crippen LogP contribution in [0.3, 0.4) is 0 Å². The van der Waals surface area contributed by atoms with E-state index in [4.69, 9.17) is 4.74 Å². The molecule has 2 aromatic rings. The molecule has 0 saturated carbocycles. The fourth-order valence-corrected chi connectivity index (χ4v) is 1.76. The van der Waals surface area contributed by atoms with Crippen LogP contribution in [-0.2, 0) is 4.74 Å². The van der Waals surface area contributed by atoms with Gasteiger partial charge in [0.15, 0.2) is 0 Å². The smallest absolute Gasteiger partial charge is 0.340 e. The molecule has 1 aromatic carbocycles. The number of carbonyl (C=O) groups excluding carboxylic acids is 1. The molecule has 0 N–H and O–H groups in total. The first-order chi connectivity index (χ1) is 8.09. The van der Waals surface area contributed by atoms with Crippen molar-refractivity contribution in [3.63, 3.8) is 0 Å². The van der Waals surface area contributed by atoms with Gasteiger partial charge in [0, 0.05) is 11.6 Å². The minimum atomic E-state index is -0.316. The van der Waals surface area contributed by atoms with Gasteiger partial charge in [0.25, 0.3) is 0 Å². The molecule has 0 unspecified atom stereocenters. The zero-order valence-corrected chi connectivity index (χ0v) is 10.2. The number of hydrogen-bond acceptors (Lipinski definition) is 3. The van der Waals surface area contributed by atoms with Crippen molar-refractivity contribution < 1.29 is 9.53 Å². The summed E-state index contributed by atoms with van der Waals surface area (Å²) in [6.45, 7) is 5.67. The first-order valence-electron chi connectivity index (χ1n) is 5.65. The minimum absolute atomic E-state index is 0.123. The molecule has 0 bridgehead atoms. The summed E-state index contributed by atoms with van der Waals surface area (Å²) in [5, 5.41) is 0.991. The van der Waals surface area contributed by atoms with E-state index in [1.165, 1.54) is 0 Å². The highest BCUT2D eigenvalue weighted by atomic mass is 16.5.